The molecule has 178 valence electrons. The minimum absolute atomic E-state index is 0.0585. The zero-order chi connectivity index (χ0) is 23.8. The summed E-state index contributed by atoms with van der Waals surface area (Å²) in [4.78, 5) is 52.1. The minimum atomic E-state index is -3.66. The second kappa shape index (κ2) is 9.22. The van der Waals surface area contributed by atoms with Crippen molar-refractivity contribution < 1.29 is 27.6 Å². The summed E-state index contributed by atoms with van der Waals surface area (Å²) in [6, 6.07) is 4.72. The highest BCUT2D eigenvalue weighted by Crippen LogP contribution is 2.31. The molecule has 2 aliphatic heterocycles. The lowest BCUT2D eigenvalue weighted by molar-refractivity contribution is -0.145. The van der Waals surface area contributed by atoms with Crippen LogP contribution in [0.25, 0.3) is 0 Å². The lowest BCUT2D eigenvalue weighted by atomic mass is 9.85. The molecule has 2 saturated heterocycles. The van der Waals surface area contributed by atoms with E-state index in [0.717, 1.165) is 37.0 Å². The van der Waals surface area contributed by atoms with Gasteiger partial charge in [-0.05, 0) is 49.8 Å². The van der Waals surface area contributed by atoms with Crippen LogP contribution >= 0.6 is 0 Å². The van der Waals surface area contributed by atoms with E-state index in [1.165, 1.54) is 28.6 Å². The normalized spacial score (nSPS) is 24.6. The number of urea groups is 1. The van der Waals surface area contributed by atoms with E-state index in [0.29, 0.717) is 24.4 Å². The first kappa shape index (κ1) is 23.4. The van der Waals surface area contributed by atoms with Crippen molar-refractivity contribution in [3.05, 3.63) is 24.3 Å². The maximum Gasteiger partial charge on any atom is 0.334 e. The van der Waals surface area contributed by atoms with E-state index in [1.807, 2.05) is 6.92 Å². The van der Waals surface area contributed by atoms with Crippen LogP contribution in [0.15, 0.2) is 29.2 Å². The molecule has 0 spiro atoms. The van der Waals surface area contributed by atoms with E-state index in [9.17, 15) is 27.6 Å². The van der Waals surface area contributed by atoms with Crippen molar-refractivity contribution in [2.24, 2.45) is 5.92 Å². The third kappa shape index (κ3) is 4.51. The third-order valence-corrected chi connectivity index (χ3v) is 8.50. The zero-order valence-corrected chi connectivity index (χ0v) is 19.3. The Balaban J connectivity index is 1.44. The molecule has 33 heavy (non-hydrogen) atoms. The van der Waals surface area contributed by atoms with E-state index in [-0.39, 0.29) is 22.5 Å². The largest absolute Gasteiger partial charge is 0.334 e. The van der Waals surface area contributed by atoms with Gasteiger partial charge in [0, 0.05) is 24.8 Å². The molecule has 0 radical (unpaired) electrons. The van der Waals surface area contributed by atoms with Gasteiger partial charge in [-0.2, -0.15) is 4.31 Å². The van der Waals surface area contributed by atoms with Crippen LogP contribution < -0.4 is 5.32 Å². The number of nitrogens with one attached hydrogen (secondary N) is 1. The monoisotopic (exact) mass is 476 g/mol. The van der Waals surface area contributed by atoms with Gasteiger partial charge in [0.15, 0.2) is 0 Å². The fourth-order valence-electron chi connectivity index (χ4n) is 4.79. The predicted molar refractivity (Wildman–Crippen MR) is 118 cm³/mol. The molecule has 0 aromatic heterocycles. The van der Waals surface area contributed by atoms with Crippen molar-refractivity contribution in [2.45, 2.75) is 56.4 Å². The minimum Gasteiger partial charge on any atom is -0.324 e. The maximum absolute atomic E-state index is 12.8. The molecule has 11 heteroatoms. The molecule has 5 amide bonds. The van der Waals surface area contributed by atoms with Crippen LogP contribution in [-0.4, -0.2) is 72.0 Å². The number of carbonyl (C=O) groups is 4. The van der Waals surface area contributed by atoms with Crippen LogP contribution in [0.5, 0.6) is 0 Å². The molecular weight excluding hydrogens is 448 g/mol. The van der Waals surface area contributed by atoms with Gasteiger partial charge >= 0.3 is 17.8 Å². The molecule has 2 heterocycles. The van der Waals surface area contributed by atoms with Crippen LogP contribution in [0.2, 0.25) is 0 Å². The lowest BCUT2D eigenvalue weighted by Crippen LogP contribution is -2.46. The molecule has 1 aromatic carbocycles. The average molecular weight is 477 g/mol. The number of imide groups is 2. The van der Waals surface area contributed by atoms with E-state index < -0.39 is 40.3 Å². The summed E-state index contributed by atoms with van der Waals surface area (Å²) >= 11 is 0. The second-order valence-electron chi connectivity index (χ2n) is 8.87. The molecule has 2 atom stereocenters. The number of amides is 5. The summed E-state index contributed by atoms with van der Waals surface area (Å²) in [6.45, 7) is 2.25. The molecule has 0 bridgehead atoms. The van der Waals surface area contributed by atoms with Gasteiger partial charge in [-0.15, -0.1) is 0 Å². The number of rotatable bonds is 6. The molecule has 10 nitrogen and oxygen atoms in total. The lowest BCUT2D eigenvalue weighted by Gasteiger charge is -2.34. The highest BCUT2D eigenvalue weighted by molar-refractivity contribution is 7.89. The number of sulfonamides is 1. The first-order valence-corrected chi connectivity index (χ1v) is 12.7. The van der Waals surface area contributed by atoms with Gasteiger partial charge in [-0.25, -0.2) is 18.1 Å². The van der Waals surface area contributed by atoms with Crippen molar-refractivity contribution in [1.29, 1.82) is 0 Å². The van der Waals surface area contributed by atoms with Crippen LogP contribution in [-0.2, 0) is 24.4 Å². The van der Waals surface area contributed by atoms with Crippen LogP contribution in [0, 0.1) is 5.92 Å². The maximum atomic E-state index is 12.8. The van der Waals surface area contributed by atoms with Crippen molar-refractivity contribution in [2.75, 3.05) is 25.0 Å². The Morgan fingerprint density at radius 3 is 2.42 bits per heavy atom. The average Bonchev–Trinajstić information content (AvgIpc) is 3.40. The Labute approximate surface area is 192 Å². The highest BCUT2D eigenvalue weighted by Gasteiger charge is 2.49. The molecule has 3 fully saturated rings. The molecule has 1 saturated carbocycles. The fourth-order valence-corrected chi connectivity index (χ4v) is 6.35. The van der Waals surface area contributed by atoms with Crippen molar-refractivity contribution in [3.8, 4) is 0 Å². The van der Waals surface area contributed by atoms with E-state index in [2.05, 4.69) is 5.32 Å². The Hall–Kier alpha value is -2.79. The number of benzene rings is 1. The van der Waals surface area contributed by atoms with Gasteiger partial charge in [0.25, 0.3) is 0 Å². The molecule has 1 aliphatic carbocycles. The van der Waals surface area contributed by atoms with E-state index >= 15 is 0 Å². The standard InChI is InChI=1S/C22H28N4O6S/c1-15-7-2-3-10-18(15)26-21(29)20(28)25(22(26)30)14-19(27)23-16-8-6-9-17(13-16)33(31,32)24-11-4-5-12-24/h6,8-9,13,15,18H,2-5,7,10-12,14H2,1H3,(H,23,27)/t15-,18-/m1/s1. The van der Waals surface area contributed by atoms with Crippen molar-refractivity contribution >= 4 is 39.5 Å². The Morgan fingerprint density at radius 2 is 1.73 bits per heavy atom. The topological polar surface area (TPSA) is 124 Å². The van der Waals surface area contributed by atoms with Crippen LogP contribution in [0.1, 0.15) is 45.4 Å². The van der Waals surface area contributed by atoms with Gasteiger partial charge in [-0.1, -0.05) is 25.8 Å². The van der Waals surface area contributed by atoms with Crippen molar-refractivity contribution in [3.63, 3.8) is 0 Å². The zero-order valence-electron chi connectivity index (χ0n) is 18.5. The fraction of sp³-hybridized carbons (Fsp3) is 0.545. The molecule has 1 N–H and O–H groups in total. The molecule has 3 aliphatic rings. The number of carbonyl (C=O) groups excluding carboxylic acids is 4. The predicted octanol–water partition coefficient (Wildman–Crippen LogP) is 1.78. The Kier molecular flexibility index (Phi) is 6.53. The van der Waals surface area contributed by atoms with Crippen LogP contribution in [0.4, 0.5) is 10.5 Å². The molecule has 1 aromatic rings. The first-order valence-electron chi connectivity index (χ1n) is 11.3. The summed E-state index contributed by atoms with van der Waals surface area (Å²) in [5.41, 5.74) is 0.225. The second-order valence-corrected chi connectivity index (χ2v) is 10.8. The summed E-state index contributed by atoms with van der Waals surface area (Å²) in [5.74, 6) is -2.52. The van der Waals surface area contributed by atoms with Crippen LogP contribution in [0.3, 0.4) is 0 Å². The van der Waals surface area contributed by atoms with Gasteiger partial charge in [0.1, 0.15) is 6.54 Å². The number of hydrogen-bond acceptors (Lipinski definition) is 6. The molecular formula is C22H28N4O6S. The third-order valence-electron chi connectivity index (χ3n) is 6.60. The Bertz CT molecular complexity index is 1080. The van der Waals surface area contributed by atoms with E-state index in [4.69, 9.17) is 0 Å². The highest BCUT2D eigenvalue weighted by atomic mass is 32.2. The number of nitrogens with zero attached hydrogens (tertiary/aromatic N) is 3. The molecule has 4 rings (SSSR count). The van der Waals surface area contributed by atoms with Gasteiger partial charge < -0.3 is 5.32 Å². The summed E-state index contributed by atoms with van der Waals surface area (Å²) in [6.07, 6.45) is 5.01. The first-order chi connectivity index (χ1) is 15.7. The Morgan fingerprint density at radius 1 is 1.03 bits per heavy atom. The number of anilines is 1. The van der Waals surface area contributed by atoms with Gasteiger partial charge in [0.05, 0.1) is 4.90 Å². The quantitative estimate of drug-likeness (QED) is 0.493. The SMILES string of the molecule is C[C@@H]1CCCC[C@H]1N1C(=O)C(=O)N(CC(=O)Nc2cccc(S(=O)(=O)N3CCCC3)c2)C1=O. The van der Waals surface area contributed by atoms with E-state index in [1.54, 1.807) is 0 Å². The van der Waals surface area contributed by atoms with Gasteiger partial charge in [-0.3, -0.25) is 19.3 Å². The van der Waals surface area contributed by atoms with Gasteiger partial charge in [0.2, 0.25) is 15.9 Å². The summed E-state index contributed by atoms with van der Waals surface area (Å²) in [7, 11) is -3.66. The summed E-state index contributed by atoms with van der Waals surface area (Å²) < 4.78 is 26.9. The number of hydrogen-bond donors (Lipinski definition) is 1. The summed E-state index contributed by atoms with van der Waals surface area (Å²) in [5, 5.41) is 2.53. The smallest absolute Gasteiger partial charge is 0.324 e. The van der Waals surface area contributed by atoms with Crippen molar-refractivity contribution in [1.82, 2.24) is 14.1 Å². The molecule has 0 unspecified atom stereocenters.